The van der Waals surface area contributed by atoms with Gasteiger partial charge in [0, 0.05) is 42.7 Å². The second kappa shape index (κ2) is 4.22. The van der Waals surface area contributed by atoms with Crippen molar-refractivity contribution in [3.63, 3.8) is 0 Å². The van der Waals surface area contributed by atoms with Crippen molar-refractivity contribution in [2.24, 2.45) is 11.8 Å². The quantitative estimate of drug-likeness (QED) is 0.450. The first-order chi connectivity index (χ1) is 10.7. The molecule has 0 saturated heterocycles. The molecular weight excluding hydrogens is 276 g/mol. The van der Waals surface area contributed by atoms with Gasteiger partial charge in [0.1, 0.15) is 0 Å². The molecule has 0 radical (unpaired) electrons. The first kappa shape index (κ1) is 12.4. The Morgan fingerprint density at radius 1 is 1.00 bits per heavy atom. The number of anilines is 1. The summed E-state index contributed by atoms with van der Waals surface area (Å²) in [5.74, 6) is 1.92. The highest BCUT2D eigenvalue weighted by Gasteiger charge is 2.43. The zero-order valence-electron chi connectivity index (χ0n) is 12.3. The molecule has 0 fully saturated rings. The van der Waals surface area contributed by atoms with E-state index in [4.69, 9.17) is 0 Å². The lowest BCUT2D eigenvalue weighted by Crippen LogP contribution is -2.43. The molecule has 112 valence electrons. The molecule has 1 aromatic rings. The molecule has 4 heteroatoms. The van der Waals surface area contributed by atoms with Crippen molar-refractivity contribution in [3.05, 3.63) is 57.7 Å². The molecule has 5 rings (SSSR count). The van der Waals surface area contributed by atoms with E-state index in [2.05, 4.69) is 29.2 Å². The van der Waals surface area contributed by atoms with Gasteiger partial charge in [-0.1, -0.05) is 24.3 Å². The van der Waals surface area contributed by atoms with Crippen LogP contribution in [0.3, 0.4) is 0 Å². The highest BCUT2D eigenvalue weighted by atomic mass is 16.6. The average molecular weight is 294 g/mol. The normalized spacial score (nSPS) is 33.5. The summed E-state index contributed by atoms with van der Waals surface area (Å²) < 4.78 is 0. The van der Waals surface area contributed by atoms with E-state index in [0.717, 1.165) is 25.9 Å². The van der Waals surface area contributed by atoms with Crippen molar-refractivity contribution < 1.29 is 4.92 Å². The maximum atomic E-state index is 11.4. The van der Waals surface area contributed by atoms with Gasteiger partial charge in [0.15, 0.2) is 0 Å². The fraction of sp³-hybridized carbons (Fsp3) is 0.444. The van der Waals surface area contributed by atoms with Crippen LogP contribution in [-0.2, 0) is 0 Å². The predicted octanol–water partition coefficient (Wildman–Crippen LogP) is 3.75. The molecule has 4 atom stereocenters. The van der Waals surface area contributed by atoms with E-state index in [1.165, 1.54) is 16.8 Å². The number of non-ortho nitro benzene ring substituents is 1. The predicted molar refractivity (Wildman–Crippen MR) is 85.3 cm³/mol. The number of hydrogen-bond acceptors (Lipinski definition) is 3. The topological polar surface area (TPSA) is 46.4 Å². The van der Waals surface area contributed by atoms with E-state index in [9.17, 15) is 10.1 Å². The van der Waals surface area contributed by atoms with E-state index >= 15 is 0 Å². The number of rotatable bonds is 1. The zero-order valence-corrected chi connectivity index (χ0v) is 12.3. The van der Waals surface area contributed by atoms with Crippen molar-refractivity contribution >= 4 is 11.4 Å². The number of fused-ring (bicyclic) bond motifs is 4. The monoisotopic (exact) mass is 294 g/mol. The van der Waals surface area contributed by atoms with Gasteiger partial charge in [-0.2, -0.15) is 0 Å². The maximum Gasteiger partial charge on any atom is 0.270 e. The summed E-state index contributed by atoms with van der Waals surface area (Å²) in [5, 5.41) is 11.4. The van der Waals surface area contributed by atoms with Crippen LogP contribution in [0, 0.1) is 22.0 Å². The second-order valence-corrected chi connectivity index (χ2v) is 7.03. The summed E-state index contributed by atoms with van der Waals surface area (Å²) in [5.41, 5.74) is 3.93. The molecule has 0 unspecified atom stereocenters. The molecule has 0 amide bonds. The Bertz CT molecular complexity index is 686. The second-order valence-electron chi connectivity index (χ2n) is 7.03. The minimum absolute atomic E-state index is 0.230. The maximum absolute atomic E-state index is 11.4. The molecule has 2 aliphatic heterocycles. The first-order valence-electron chi connectivity index (χ1n) is 8.13. The Balaban J connectivity index is 1.77. The van der Waals surface area contributed by atoms with Crippen LogP contribution < -0.4 is 4.90 Å². The van der Waals surface area contributed by atoms with Crippen LogP contribution in [0.4, 0.5) is 11.4 Å². The molecule has 2 heterocycles. The minimum Gasteiger partial charge on any atom is -0.370 e. The zero-order chi connectivity index (χ0) is 14.8. The third-order valence-corrected chi connectivity index (χ3v) is 5.89. The number of nitro groups is 1. The summed E-state index contributed by atoms with van der Waals surface area (Å²) in [6, 6.07) is 3.66. The highest BCUT2D eigenvalue weighted by Crippen LogP contribution is 2.53. The van der Waals surface area contributed by atoms with E-state index in [0.29, 0.717) is 23.7 Å². The lowest BCUT2D eigenvalue weighted by Gasteiger charge is -2.45. The van der Waals surface area contributed by atoms with Crippen molar-refractivity contribution in [2.45, 2.75) is 24.7 Å². The van der Waals surface area contributed by atoms with Crippen LogP contribution in [0.5, 0.6) is 0 Å². The Morgan fingerprint density at radius 2 is 1.55 bits per heavy atom. The third kappa shape index (κ3) is 1.52. The molecule has 4 aliphatic rings. The summed E-state index contributed by atoms with van der Waals surface area (Å²) in [6.45, 7) is 2.19. The van der Waals surface area contributed by atoms with Gasteiger partial charge in [0.2, 0.25) is 0 Å². The molecule has 0 saturated carbocycles. The summed E-state index contributed by atoms with van der Waals surface area (Å²) in [6.07, 6.45) is 11.2. The Morgan fingerprint density at radius 3 is 2.05 bits per heavy atom. The number of allylic oxidation sites excluding steroid dienone is 4. The summed E-state index contributed by atoms with van der Waals surface area (Å²) in [4.78, 5) is 13.7. The van der Waals surface area contributed by atoms with Gasteiger partial charge < -0.3 is 4.90 Å². The van der Waals surface area contributed by atoms with Crippen molar-refractivity contribution in [1.82, 2.24) is 0 Å². The summed E-state index contributed by atoms with van der Waals surface area (Å²) >= 11 is 0. The standard InChI is InChI=1S/C18H18N2O2/c21-20(22)13-7-16-14-5-1-3-11(14)9-19-10-12-4-2-6-15(12)17(8-13)18(16)19/h1-2,5-8,11-12,14-15H,3-4,9-10H2/t11-,12-,14-,15-/m1/s1. The van der Waals surface area contributed by atoms with Gasteiger partial charge in [-0.15, -0.1) is 0 Å². The van der Waals surface area contributed by atoms with E-state index in [1.54, 1.807) is 0 Å². The number of nitro benzene ring substituents is 1. The smallest absolute Gasteiger partial charge is 0.270 e. The van der Waals surface area contributed by atoms with Gasteiger partial charge in [0.25, 0.3) is 5.69 Å². The molecule has 0 aromatic heterocycles. The lowest BCUT2D eigenvalue weighted by atomic mass is 9.75. The van der Waals surface area contributed by atoms with Crippen molar-refractivity contribution in [1.29, 1.82) is 0 Å². The van der Waals surface area contributed by atoms with Crippen LogP contribution in [0.2, 0.25) is 0 Å². The molecule has 0 bridgehead atoms. The van der Waals surface area contributed by atoms with Gasteiger partial charge in [0.05, 0.1) is 4.92 Å². The molecule has 22 heavy (non-hydrogen) atoms. The van der Waals surface area contributed by atoms with Gasteiger partial charge in [-0.05, 0) is 35.8 Å². The SMILES string of the molecule is O=[N+]([O-])c1cc2c3c(c1)[C@@H]1C=CC[C@@H]1CN3C[C@H]1CC=C[C@@H]21. The lowest BCUT2D eigenvalue weighted by molar-refractivity contribution is -0.385. The first-order valence-corrected chi connectivity index (χ1v) is 8.13. The number of hydrogen-bond donors (Lipinski definition) is 0. The highest BCUT2D eigenvalue weighted by molar-refractivity contribution is 5.71. The van der Waals surface area contributed by atoms with E-state index in [-0.39, 0.29) is 10.6 Å². The molecule has 2 aliphatic carbocycles. The Kier molecular flexibility index (Phi) is 2.38. The molecule has 0 N–H and O–H groups in total. The van der Waals surface area contributed by atoms with E-state index < -0.39 is 0 Å². The van der Waals surface area contributed by atoms with Gasteiger partial charge in [-0.25, -0.2) is 0 Å². The fourth-order valence-electron chi connectivity index (χ4n) is 4.96. The average Bonchev–Trinajstić information content (AvgIpc) is 3.15. The van der Waals surface area contributed by atoms with Crippen LogP contribution >= 0.6 is 0 Å². The number of nitrogens with zero attached hydrogens (tertiary/aromatic N) is 2. The van der Waals surface area contributed by atoms with Crippen LogP contribution in [0.1, 0.15) is 35.8 Å². The van der Waals surface area contributed by atoms with Crippen LogP contribution in [0.25, 0.3) is 0 Å². The summed E-state index contributed by atoms with van der Waals surface area (Å²) in [7, 11) is 0. The molecule has 0 spiro atoms. The van der Waals surface area contributed by atoms with Gasteiger partial charge >= 0.3 is 0 Å². The van der Waals surface area contributed by atoms with E-state index in [1.807, 2.05) is 12.1 Å². The Hall–Kier alpha value is -2.10. The fourth-order valence-corrected chi connectivity index (χ4v) is 4.96. The largest absolute Gasteiger partial charge is 0.370 e. The van der Waals surface area contributed by atoms with Crippen molar-refractivity contribution in [3.8, 4) is 0 Å². The minimum atomic E-state index is -0.230. The van der Waals surface area contributed by atoms with Crippen molar-refractivity contribution in [2.75, 3.05) is 18.0 Å². The number of benzene rings is 1. The van der Waals surface area contributed by atoms with Crippen LogP contribution in [-0.4, -0.2) is 18.0 Å². The molecular formula is C18H18N2O2. The molecule has 1 aromatic carbocycles. The van der Waals surface area contributed by atoms with Crippen LogP contribution in [0.15, 0.2) is 36.4 Å². The Labute approximate surface area is 129 Å². The molecule has 4 nitrogen and oxygen atoms in total. The van der Waals surface area contributed by atoms with Gasteiger partial charge in [-0.3, -0.25) is 10.1 Å². The third-order valence-electron chi connectivity index (χ3n) is 5.89.